The van der Waals surface area contributed by atoms with Gasteiger partial charge in [-0.3, -0.25) is 4.68 Å². The molecule has 0 amide bonds. The van der Waals surface area contributed by atoms with E-state index in [0.29, 0.717) is 6.54 Å². The SMILES string of the molecule is C=C(C)CCn1nc(C)c(CN)c1C. The highest BCUT2D eigenvalue weighted by atomic mass is 15.3. The van der Waals surface area contributed by atoms with Gasteiger partial charge in [0.25, 0.3) is 0 Å². The molecule has 1 aromatic rings. The zero-order valence-corrected chi connectivity index (χ0v) is 9.30. The maximum atomic E-state index is 5.65. The molecule has 3 heteroatoms. The van der Waals surface area contributed by atoms with Crippen molar-refractivity contribution in [3.8, 4) is 0 Å². The molecule has 0 saturated heterocycles. The molecule has 0 aliphatic carbocycles. The second-order valence-corrected chi connectivity index (χ2v) is 3.78. The van der Waals surface area contributed by atoms with E-state index < -0.39 is 0 Å². The zero-order chi connectivity index (χ0) is 10.7. The van der Waals surface area contributed by atoms with E-state index in [4.69, 9.17) is 5.73 Å². The predicted molar refractivity (Wildman–Crippen MR) is 59.0 cm³/mol. The monoisotopic (exact) mass is 193 g/mol. The van der Waals surface area contributed by atoms with Gasteiger partial charge in [0, 0.05) is 24.3 Å². The van der Waals surface area contributed by atoms with Crippen LogP contribution >= 0.6 is 0 Å². The fourth-order valence-electron chi connectivity index (χ4n) is 1.54. The first kappa shape index (κ1) is 11.0. The molecule has 2 N–H and O–H groups in total. The van der Waals surface area contributed by atoms with Gasteiger partial charge < -0.3 is 5.73 Å². The van der Waals surface area contributed by atoms with E-state index in [1.54, 1.807) is 0 Å². The molecule has 14 heavy (non-hydrogen) atoms. The third kappa shape index (κ3) is 2.23. The third-order valence-corrected chi connectivity index (χ3v) is 2.49. The van der Waals surface area contributed by atoms with Gasteiger partial charge in [-0.25, -0.2) is 0 Å². The van der Waals surface area contributed by atoms with Crippen LogP contribution in [0, 0.1) is 13.8 Å². The second kappa shape index (κ2) is 4.42. The lowest BCUT2D eigenvalue weighted by atomic mass is 10.2. The van der Waals surface area contributed by atoms with Gasteiger partial charge in [0.15, 0.2) is 0 Å². The predicted octanol–water partition coefficient (Wildman–Crippen LogP) is 1.92. The second-order valence-electron chi connectivity index (χ2n) is 3.78. The van der Waals surface area contributed by atoms with Crippen molar-refractivity contribution in [3.63, 3.8) is 0 Å². The number of nitrogens with two attached hydrogens (primary N) is 1. The molecule has 0 aliphatic rings. The first-order valence-electron chi connectivity index (χ1n) is 4.93. The number of aromatic nitrogens is 2. The number of aryl methyl sites for hydroxylation is 2. The van der Waals surface area contributed by atoms with Gasteiger partial charge in [0.2, 0.25) is 0 Å². The zero-order valence-electron chi connectivity index (χ0n) is 9.30. The topological polar surface area (TPSA) is 43.8 Å². The summed E-state index contributed by atoms with van der Waals surface area (Å²) in [5.74, 6) is 0. The molecule has 0 bridgehead atoms. The van der Waals surface area contributed by atoms with E-state index in [-0.39, 0.29) is 0 Å². The van der Waals surface area contributed by atoms with E-state index in [1.165, 1.54) is 16.8 Å². The molecule has 0 saturated carbocycles. The Morgan fingerprint density at radius 1 is 1.50 bits per heavy atom. The van der Waals surface area contributed by atoms with E-state index in [0.717, 1.165) is 18.7 Å². The van der Waals surface area contributed by atoms with Gasteiger partial charge in [-0.15, -0.1) is 6.58 Å². The first-order chi connectivity index (χ1) is 6.56. The lowest BCUT2D eigenvalue weighted by Gasteiger charge is -2.04. The van der Waals surface area contributed by atoms with Gasteiger partial charge in [-0.2, -0.15) is 5.10 Å². The lowest BCUT2D eigenvalue weighted by Crippen LogP contribution is -2.04. The Bertz CT molecular complexity index is 337. The average molecular weight is 193 g/mol. The molecule has 0 unspecified atom stereocenters. The molecule has 0 aromatic carbocycles. The van der Waals surface area contributed by atoms with Crippen molar-refractivity contribution in [3.05, 3.63) is 29.1 Å². The fourth-order valence-corrected chi connectivity index (χ4v) is 1.54. The van der Waals surface area contributed by atoms with E-state index in [2.05, 4.69) is 18.6 Å². The Labute approximate surface area is 85.6 Å². The van der Waals surface area contributed by atoms with Crippen LogP contribution in [0.5, 0.6) is 0 Å². The third-order valence-electron chi connectivity index (χ3n) is 2.49. The number of hydrogen-bond acceptors (Lipinski definition) is 2. The molecule has 1 aromatic heterocycles. The van der Waals surface area contributed by atoms with Gasteiger partial charge in [-0.1, -0.05) is 5.57 Å². The van der Waals surface area contributed by atoms with Crippen LogP contribution < -0.4 is 5.73 Å². The summed E-state index contributed by atoms with van der Waals surface area (Å²) in [5, 5.41) is 4.45. The summed E-state index contributed by atoms with van der Waals surface area (Å²) >= 11 is 0. The Morgan fingerprint density at radius 3 is 2.57 bits per heavy atom. The van der Waals surface area contributed by atoms with E-state index in [9.17, 15) is 0 Å². The minimum absolute atomic E-state index is 0.574. The number of rotatable bonds is 4. The minimum Gasteiger partial charge on any atom is -0.326 e. The Hall–Kier alpha value is -1.09. The summed E-state index contributed by atoms with van der Waals surface area (Å²) in [6.07, 6.45) is 0.978. The van der Waals surface area contributed by atoms with E-state index >= 15 is 0 Å². The number of nitrogens with zero attached hydrogens (tertiary/aromatic N) is 2. The van der Waals surface area contributed by atoms with Crippen molar-refractivity contribution in [2.24, 2.45) is 5.73 Å². The summed E-state index contributed by atoms with van der Waals surface area (Å²) < 4.78 is 2.02. The van der Waals surface area contributed by atoms with Crippen molar-refractivity contribution in [1.29, 1.82) is 0 Å². The molecule has 78 valence electrons. The molecular weight excluding hydrogens is 174 g/mol. The quantitative estimate of drug-likeness (QED) is 0.742. The average Bonchev–Trinajstić information content (AvgIpc) is 2.38. The Kier molecular flexibility index (Phi) is 3.47. The molecule has 0 fully saturated rings. The molecule has 0 aliphatic heterocycles. The van der Waals surface area contributed by atoms with Crippen LogP contribution in [0.25, 0.3) is 0 Å². The fraction of sp³-hybridized carbons (Fsp3) is 0.545. The van der Waals surface area contributed by atoms with Crippen LogP contribution in [-0.2, 0) is 13.1 Å². The van der Waals surface area contributed by atoms with Crippen molar-refractivity contribution >= 4 is 0 Å². The van der Waals surface area contributed by atoms with Crippen molar-refractivity contribution in [2.45, 2.75) is 40.3 Å². The smallest absolute Gasteiger partial charge is 0.0641 e. The molecule has 1 heterocycles. The van der Waals surface area contributed by atoms with Gasteiger partial charge in [0.1, 0.15) is 0 Å². The largest absolute Gasteiger partial charge is 0.326 e. The molecular formula is C11H19N3. The molecule has 1 rings (SSSR count). The van der Waals surface area contributed by atoms with Gasteiger partial charge in [-0.05, 0) is 27.2 Å². The molecule has 3 nitrogen and oxygen atoms in total. The van der Waals surface area contributed by atoms with Gasteiger partial charge >= 0.3 is 0 Å². The van der Waals surface area contributed by atoms with Crippen molar-refractivity contribution in [1.82, 2.24) is 9.78 Å². The highest BCUT2D eigenvalue weighted by Gasteiger charge is 2.08. The van der Waals surface area contributed by atoms with Gasteiger partial charge in [0.05, 0.1) is 5.69 Å². The summed E-state index contributed by atoms with van der Waals surface area (Å²) in [4.78, 5) is 0. The van der Waals surface area contributed by atoms with E-state index in [1.807, 2.05) is 18.5 Å². The normalized spacial score (nSPS) is 10.6. The van der Waals surface area contributed by atoms with Crippen LogP contribution in [0.15, 0.2) is 12.2 Å². The number of hydrogen-bond donors (Lipinski definition) is 1. The standard InChI is InChI=1S/C11H19N3/c1-8(2)5-6-14-10(4)11(7-12)9(3)13-14/h1,5-7,12H2,2-4H3. The van der Waals surface area contributed by atoms with Crippen molar-refractivity contribution < 1.29 is 0 Å². The summed E-state index contributed by atoms with van der Waals surface area (Å²) in [6.45, 7) is 11.5. The van der Waals surface area contributed by atoms with Crippen LogP contribution in [0.1, 0.15) is 30.3 Å². The summed E-state index contributed by atoms with van der Waals surface area (Å²) in [6, 6.07) is 0. The molecule has 0 spiro atoms. The molecule has 0 atom stereocenters. The van der Waals surface area contributed by atoms with Crippen LogP contribution in [0.3, 0.4) is 0 Å². The minimum atomic E-state index is 0.574. The molecule has 0 radical (unpaired) electrons. The van der Waals surface area contributed by atoms with Crippen molar-refractivity contribution in [2.75, 3.05) is 0 Å². The van der Waals surface area contributed by atoms with Crippen LogP contribution in [0.4, 0.5) is 0 Å². The summed E-state index contributed by atoms with van der Waals surface area (Å²) in [7, 11) is 0. The lowest BCUT2D eigenvalue weighted by molar-refractivity contribution is 0.592. The highest BCUT2D eigenvalue weighted by molar-refractivity contribution is 5.24. The first-order valence-corrected chi connectivity index (χ1v) is 4.93. The Balaban J connectivity index is 2.83. The number of allylic oxidation sites excluding steroid dienone is 1. The highest BCUT2D eigenvalue weighted by Crippen LogP contribution is 2.13. The van der Waals surface area contributed by atoms with Crippen LogP contribution in [-0.4, -0.2) is 9.78 Å². The summed E-state index contributed by atoms with van der Waals surface area (Å²) in [5.41, 5.74) is 10.2. The van der Waals surface area contributed by atoms with Crippen LogP contribution in [0.2, 0.25) is 0 Å². The maximum absolute atomic E-state index is 5.65. The maximum Gasteiger partial charge on any atom is 0.0641 e. The Morgan fingerprint density at radius 2 is 2.14 bits per heavy atom.